The number of carbonyl (C=O) groups is 3. The van der Waals surface area contributed by atoms with Crippen molar-refractivity contribution in [2.24, 2.45) is 11.8 Å². The zero-order valence-electron chi connectivity index (χ0n) is 11.7. The second-order valence-corrected chi connectivity index (χ2v) is 5.48. The van der Waals surface area contributed by atoms with Crippen LogP contribution in [0.25, 0.3) is 0 Å². The Bertz CT molecular complexity index is 425. The summed E-state index contributed by atoms with van der Waals surface area (Å²) in [5.74, 6) is -1.63. The molecule has 2 fully saturated rings. The van der Waals surface area contributed by atoms with Crippen molar-refractivity contribution in [2.75, 3.05) is 26.7 Å². The van der Waals surface area contributed by atoms with Crippen molar-refractivity contribution in [3.63, 3.8) is 0 Å². The van der Waals surface area contributed by atoms with E-state index in [0.29, 0.717) is 32.5 Å². The van der Waals surface area contributed by atoms with Crippen molar-refractivity contribution in [1.29, 1.82) is 0 Å². The third-order valence-corrected chi connectivity index (χ3v) is 4.19. The maximum absolute atomic E-state index is 12.4. The molecular weight excluding hydrogens is 264 g/mol. The van der Waals surface area contributed by atoms with Crippen LogP contribution >= 0.6 is 0 Å². The SMILES string of the molecule is COC(=O)C1CCN(C(=O)N2CCC(C)C2C(=O)O)C1. The Morgan fingerprint density at radius 3 is 2.50 bits per heavy atom. The van der Waals surface area contributed by atoms with Gasteiger partial charge < -0.3 is 19.6 Å². The second kappa shape index (κ2) is 5.68. The maximum atomic E-state index is 12.4. The lowest BCUT2D eigenvalue weighted by Crippen LogP contribution is -2.48. The highest BCUT2D eigenvalue weighted by molar-refractivity contribution is 5.84. The smallest absolute Gasteiger partial charge is 0.326 e. The van der Waals surface area contributed by atoms with E-state index >= 15 is 0 Å². The number of rotatable bonds is 2. The van der Waals surface area contributed by atoms with Gasteiger partial charge in [0.15, 0.2) is 0 Å². The summed E-state index contributed by atoms with van der Waals surface area (Å²) in [6, 6.07) is -1.05. The highest BCUT2D eigenvalue weighted by Crippen LogP contribution is 2.27. The average Bonchev–Trinajstić information content (AvgIpc) is 3.03. The molecule has 3 unspecified atom stereocenters. The van der Waals surface area contributed by atoms with Crippen LogP contribution in [0.15, 0.2) is 0 Å². The Morgan fingerprint density at radius 1 is 1.20 bits per heavy atom. The van der Waals surface area contributed by atoms with Crippen molar-refractivity contribution < 1.29 is 24.2 Å². The van der Waals surface area contributed by atoms with Crippen LogP contribution in [0.4, 0.5) is 4.79 Å². The van der Waals surface area contributed by atoms with E-state index in [2.05, 4.69) is 4.74 Å². The Labute approximate surface area is 117 Å². The fraction of sp³-hybridized carbons (Fsp3) is 0.769. The number of esters is 1. The van der Waals surface area contributed by atoms with Crippen molar-refractivity contribution in [3.05, 3.63) is 0 Å². The molecule has 0 bridgehead atoms. The summed E-state index contributed by atoms with van der Waals surface area (Å²) in [7, 11) is 1.33. The van der Waals surface area contributed by atoms with E-state index < -0.39 is 12.0 Å². The van der Waals surface area contributed by atoms with Gasteiger partial charge in [-0.25, -0.2) is 9.59 Å². The molecule has 0 radical (unpaired) electrons. The third-order valence-electron chi connectivity index (χ3n) is 4.19. The number of carboxylic acids is 1. The van der Waals surface area contributed by atoms with Crippen LogP contribution in [0.3, 0.4) is 0 Å². The molecule has 20 heavy (non-hydrogen) atoms. The number of carbonyl (C=O) groups excluding carboxylic acids is 2. The minimum atomic E-state index is -0.966. The number of ether oxygens (including phenoxy) is 1. The summed E-state index contributed by atoms with van der Waals surface area (Å²) < 4.78 is 4.68. The predicted molar refractivity (Wildman–Crippen MR) is 69.0 cm³/mol. The Morgan fingerprint density at radius 2 is 1.90 bits per heavy atom. The number of carboxylic acid groups (broad SMARTS) is 1. The Balaban J connectivity index is 2.02. The lowest BCUT2D eigenvalue weighted by Gasteiger charge is -2.28. The van der Waals surface area contributed by atoms with Crippen LogP contribution in [0.5, 0.6) is 0 Å². The minimum absolute atomic E-state index is 0.0459. The van der Waals surface area contributed by atoms with Gasteiger partial charge in [-0.1, -0.05) is 6.92 Å². The monoisotopic (exact) mass is 284 g/mol. The number of urea groups is 1. The van der Waals surface area contributed by atoms with E-state index in [1.165, 1.54) is 12.0 Å². The number of amides is 2. The summed E-state index contributed by atoms with van der Waals surface area (Å²) in [5.41, 5.74) is 0. The zero-order valence-corrected chi connectivity index (χ0v) is 11.7. The van der Waals surface area contributed by atoms with Crippen LogP contribution in [-0.2, 0) is 14.3 Å². The van der Waals surface area contributed by atoms with Gasteiger partial charge in [-0.15, -0.1) is 0 Å². The van der Waals surface area contributed by atoms with E-state index in [0.717, 1.165) is 0 Å². The predicted octanol–water partition coefficient (Wildman–Crippen LogP) is 0.396. The minimum Gasteiger partial charge on any atom is -0.480 e. The number of hydrogen-bond donors (Lipinski definition) is 1. The maximum Gasteiger partial charge on any atom is 0.326 e. The van der Waals surface area contributed by atoms with Gasteiger partial charge in [0, 0.05) is 19.6 Å². The topological polar surface area (TPSA) is 87.2 Å². The van der Waals surface area contributed by atoms with Gasteiger partial charge in [-0.3, -0.25) is 4.79 Å². The zero-order chi connectivity index (χ0) is 14.9. The molecule has 0 aromatic heterocycles. The molecule has 0 aromatic rings. The molecular formula is C13H20N2O5. The van der Waals surface area contributed by atoms with E-state index in [9.17, 15) is 19.5 Å². The highest BCUT2D eigenvalue weighted by atomic mass is 16.5. The molecule has 112 valence electrons. The quantitative estimate of drug-likeness (QED) is 0.741. The molecule has 2 aliphatic heterocycles. The molecule has 1 N–H and O–H groups in total. The van der Waals surface area contributed by atoms with Crippen LogP contribution < -0.4 is 0 Å². The van der Waals surface area contributed by atoms with Crippen LogP contribution in [0.2, 0.25) is 0 Å². The standard InChI is InChI=1S/C13H20N2O5/c1-8-3-6-15(10(8)11(16)17)13(19)14-5-4-9(7-14)12(18)20-2/h8-10H,3-7H2,1-2H3,(H,16,17). The number of methoxy groups -OCH3 is 1. The normalized spacial score (nSPS) is 29.6. The summed E-state index contributed by atoms with van der Waals surface area (Å²) in [4.78, 5) is 38.1. The second-order valence-electron chi connectivity index (χ2n) is 5.48. The van der Waals surface area contributed by atoms with Crippen LogP contribution in [0.1, 0.15) is 19.8 Å². The lowest BCUT2D eigenvalue weighted by molar-refractivity contribution is -0.145. The molecule has 0 spiro atoms. The molecule has 2 heterocycles. The summed E-state index contributed by atoms with van der Waals surface area (Å²) in [6.45, 7) is 3.07. The van der Waals surface area contributed by atoms with E-state index in [4.69, 9.17) is 0 Å². The summed E-state index contributed by atoms with van der Waals surface area (Å²) in [6.07, 6.45) is 1.26. The fourth-order valence-electron chi connectivity index (χ4n) is 3.01. The third kappa shape index (κ3) is 2.57. The molecule has 3 atom stereocenters. The summed E-state index contributed by atoms with van der Waals surface area (Å²) in [5, 5.41) is 9.24. The molecule has 0 saturated carbocycles. The Hall–Kier alpha value is -1.79. The van der Waals surface area contributed by atoms with Gasteiger partial charge in [-0.2, -0.15) is 0 Å². The fourth-order valence-corrected chi connectivity index (χ4v) is 3.01. The molecule has 2 saturated heterocycles. The average molecular weight is 284 g/mol. The Kier molecular flexibility index (Phi) is 4.15. The molecule has 2 amide bonds. The number of nitrogens with zero attached hydrogens (tertiary/aromatic N) is 2. The van der Waals surface area contributed by atoms with E-state index in [1.807, 2.05) is 6.92 Å². The molecule has 0 aromatic carbocycles. The van der Waals surface area contributed by atoms with Gasteiger partial charge in [0.1, 0.15) is 6.04 Å². The first kappa shape index (κ1) is 14.6. The molecule has 0 aliphatic carbocycles. The first-order valence-corrected chi connectivity index (χ1v) is 6.82. The van der Waals surface area contributed by atoms with Crippen LogP contribution in [-0.4, -0.2) is 65.7 Å². The first-order valence-electron chi connectivity index (χ1n) is 6.82. The molecule has 7 heteroatoms. The largest absolute Gasteiger partial charge is 0.480 e. The first-order chi connectivity index (χ1) is 9.45. The van der Waals surface area contributed by atoms with Gasteiger partial charge in [0.25, 0.3) is 0 Å². The van der Waals surface area contributed by atoms with Crippen molar-refractivity contribution >= 4 is 18.0 Å². The van der Waals surface area contributed by atoms with Gasteiger partial charge in [-0.05, 0) is 18.8 Å². The van der Waals surface area contributed by atoms with Gasteiger partial charge in [0.2, 0.25) is 0 Å². The molecule has 2 rings (SSSR count). The molecule has 2 aliphatic rings. The van der Waals surface area contributed by atoms with Crippen molar-refractivity contribution in [2.45, 2.75) is 25.8 Å². The summed E-state index contributed by atoms with van der Waals surface area (Å²) >= 11 is 0. The van der Waals surface area contributed by atoms with Crippen LogP contribution in [0, 0.1) is 11.8 Å². The van der Waals surface area contributed by atoms with E-state index in [-0.39, 0.29) is 23.8 Å². The molecule has 7 nitrogen and oxygen atoms in total. The number of hydrogen-bond acceptors (Lipinski definition) is 4. The van der Waals surface area contributed by atoms with Crippen molar-refractivity contribution in [1.82, 2.24) is 9.80 Å². The number of aliphatic carboxylic acids is 1. The highest BCUT2D eigenvalue weighted by Gasteiger charge is 2.43. The van der Waals surface area contributed by atoms with Crippen molar-refractivity contribution in [3.8, 4) is 0 Å². The van der Waals surface area contributed by atoms with Gasteiger partial charge >= 0.3 is 18.0 Å². The lowest BCUT2D eigenvalue weighted by atomic mass is 10.0. The number of likely N-dealkylation sites (tertiary alicyclic amines) is 2. The van der Waals surface area contributed by atoms with Gasteiger partial charge in [0.05, 0.1) is 13.0 Å². The van der Waals surface area contributed by atoms with E-state index in [1.54, 1.807) is 4.90 Å².